The molecule has 0 radical (unpaired) electrons. The van der Waals surface area contributed by atoms with Crippen molar-refractivity contribution in [1.82, 2.24) is 9.80 Å². The van der Waals surface area contributed by atoms with Crippen molar-refractivity contribution < 1.29 is 33.0 Å². The number of hydrogen-bond donors (Lipinski definition) is 0. The summed E-state index contributed by atoms with van der Waals surface area (Å²) in [6.07, 6.45) is 6.17. The highest BCUT2D eigenvalue weighted by Crippen LogP contribution is 2.59. The predicted octanol–water partition coefficient (Wildman–Crippen LogP) is 1.07. The second-order valence-corrected chi connectivity index (χ2v) is 6.82. The van der Waals surface area contributed by atoms with Crippen LogP contribution in [0.4, 0.5) is 9.18 Å². The Morgan fingerprint density at radius 1 is 1.37 bits per heavy atom. The summed E-state index contributed by atoms with van der Waals surface area (Å²) < 4.78 is 23.5. The van der Waals surface area contributed by atoms with E-state index in [1.54, 1.807) is 20.8 Å². The molecule has 0 aromatic heterocycles. The Balaban J connectivity index is 1.96. The number of imide groups is 1. The number of amides is 3. The number of carbonyl (C=O) groups excluding carboxylic acids is 4. The van der Waals surface area contributed by atoms with Crippen LogP contribution >= 0.6 is 0 Å². The standard InChI is InChI=1S/C18H21FN2O6/c1-5-7-20-9-13(22)21(17(20)25)10-27-16(24)14-11(18(14,3)4)8-12(19)15(23)26-6-2/h1,8,11,14H,6-7,9-10H2,2-4H3/t11-,14-/m0/s1. The highest BCUT2D eigenvalue weighted by Gasteiger charge is 2.62. The summed E-state index contributed by atoms with van der Waals surface area (Å²) >= 11 is 0. The fourth-order valence-corrected chi connectivity index (χ4v) is 3.04. The molecule has 1 aliphatic heterocycles. The Morgan fingerprint density at radius 2 is 2.04 bits per heavy atom. The van der Waals surface area contributed by atoms with E-state index in [4.69, 9.17) is 11.2 Å². The monoisotopic (exact) mass is 380 g/mol. The summed E-state index contributed by atoms with van der Waals surface area (Å²) in [7, 11) is 0. The zero-order chi connectivity index (χ0) is 20.4. The average Bonchev–Trinajstić information content (AvgIpc) is 3.02. The third kappa shape index (κ3) is 4.10. The summed E-state index contributed by atoms with van der Waals surface area (Å²) in [5, 5.41) is 0. The molecule has 3 amide bonds. The molecule has 9 heteroatoms. The lowest BCUT2D eigenvalue weighted by atomic mass is 10.1. The molecule has 0 bridgehead atoms. The highest BCUT2D eigenvalue weighted by atomic mass is 19.1. The van der Waals surface area contributed by atoms with E-state index in [-0.39, 0.29) is 19.7 Å². The van der Waals surface area contributed by atoms with Gasteiger partial charge in [0.1, 0.15) is 6.54 Å². The number of hydrogen-bond acceptors (Lipinski definition) is 6. The Hall–Kier alpha value is -2.89. The van der Waals surface area contributed by atoms with Crippen molar-refractivity contribution >= 4 is 23.9 Å². The van der Waals surface area contributed by atoms with E-state index < -0.39 is 53.7 Å². The number of esters is 2. The molecule has 1 saturated heterocycles. The summed E-state index contributed by atoms with van der Waals surface area (Å²) in [5.41, 5.74) is -0.630. The number of nitrogens with zero attached hydrogens (tertiary/aromatic N) is 2. The molecule has 0 spiro atoms. The average molecular weight is 380 g/mol. The van der Waals surface area contributed by atoms with E-state index in [0.29, 0.717) is 0 Å². The third-order valence-corrected chi connectivity index (χ3v) is 4.71. The zero-order valence-electron chi connectivity index (χ0n) is 15.4. The maximum Gasteiger partial charge on any atom is 0.366 e. The van der Waals surface area contributed by atoms with Crippen molar-refractivity contribution in [3.63, 3.8) is 0 Å². The molecule has 1 saturated carbocycles. The molecule has 8 nitrogen and oxygen atoms in total. The van der Waals surface area contributed by atoms with Crippen LogP contribution in [0.1, 0.15) is 20.8 Å². The van der Waals surface area contributed by atoms with E-state index in [2.05, 4.69) is 10.7 Å². The molecular formula is C18H21FN2O6. The first kappa shape index (κ1) is 20.4. The number of terminal acetylenes is 1. The van der Waals surface area contributed by atoms with Crippen LogP contribution in [0.2, 0.25) is 0 Å². The molecule has 2 aliphatic rings. The Kier molecular flexibility index (Phi) is 5.88. The molecule has 27 heavy (non-hydrogen) atoms. The molecule has 2 fully saturated rings. The van der Waals surface area contributed by atoms with Crippen LogP contribution in [-0.4, -0.2) is 60.1 Å². The van der Waals surface area contributed by atoms with E-state index in [0.717, 1.165) is 15.9 Å². The quantitative estimate of drug-likeness (QED) is 0.284. The van der Waals surface area contributed by atoms with Gasteiger partial charge >= 0.3 is 18.0 Å². The van der Waals surface area contributed by atoms with Crippen molar-refractivity contribution in [1.29, 1.82) is 0 Å². The SMILES string of the molecule is C#CCN1CC(=O)N(COC(=O)[C@@H]2[C@H](C=C(F)C(=O)OCC)C2(C)C)C1=O. The van der Waals surface area contributed by atoms with Crippen molar-refractivity contribution in [3.8, 4) is 12.3 Å². The lowest BCUT2D eigenvalue weighted by Crippen LogP contribution is -2.36. The molecule has 0 unspecified atom stereocenters. The summed E-state index contributed by atoms with van der Waals surface area (Å²) in [6, 6.07) is -0.634. The van der Waals surface area contributed by atoms with Crippen molar-refractivity contribution in [2.24, 2.45) is 17.3 Å². The lowest BCUT2D eigenvalue weighted by molar-refractivity contribution is -0.151. The van der Waals surface area contributed by atoms with Gasteiger partial charge in [0.25, 0.3) is 5.91 Å². The second kappa shape index (κ2) is 7.78. The fourth-order valence-electron chi connectivity index (χ4n) is 3.04. The number of rotatable bonds is 7. The first-order chi connectivity index (χ1) is 12.6. The van der Waals surface area contributed by atoms with Gasteiger partial charge in [0.05, 0.1) is 19.1 Å². The maximum atomic E-state index is 13.8. The van der Waals surface area contributed by atoms with Gasteiger partial charge in [0, 0.05) is 0 Å². The van der Waals surface area contributed by atoms with E-state index in [9.17, 15) is 23.6 Å². The second-order valence-electron chi connectivity index (χ2n) is 6.82. The minimum absolute atomic E-state index is 0.0231. The smallest absolute Gasteiger partial charge is 0.366 e. The Morgan fingerprint density at radius 3 is 2.63 bits per heavy atom. The summed E-state index contributed by atoms with van der Waals surface area (Å²) in [5.74, 6) is -2.36. The normalized spacial score (nSPS) is 23.9. The molecule has 0 aromatic carbocycles. The van der Waals surface area contributed by atoms with Crippen molar-refractivity contribution in [2.45, 2.75) is 20.8 Å². The van der Waals surface area contributed by atoms with E-state index in [1.807, 2.05) is 0 Å². The van der Waals surface area contributed by atoms with Gasteiger partial charge in [-0.1, -0.05) is 19.8 Å². The fraction of sp³-hybridized carbons (Fsp3) is 0.556. The van der Waals surface area contributed by atoms with Gasteiger partial charge in [-0.2, -0.15) is 4.39 Å². The first-order valence-electron chi connectivity index (χ1n) is 8.38. The largest absolute Gasteiger partial charge is 0.461 e. The Labute approximate surface area is 156 Å². The maximum absolute atomic E-state index is 13.8. The van der Waals surface area contributed by atoms with Gasteiger partial charge < -0.3 is 14.4 Å². The van der Waals surface area contributed by atoms with Crippen LogP contribution < -0.4 is 0 Å². The van der Waals surface area contributed by atoms with Crippen LogP contribution in [0, 0.1) is 29.6 Å². The van der Waals surface area contributed by atoms with Gasteiger partial charge in [0.2, 0.25) is 5.83 Å². The molecule has 1 aliphatic carbocycles. The number of carbonyl (C=O) groups is 4. The summed E-state index contributed by atoms with van der Waals surface area (Å²) in [6.45, 7) is 4.29. The van der Waals surface area contributed by atoms with Crippen molar-refractivity contribution in [2.75, 3.05) is 26.4 Å². The molecule has 1 heterocycles. The zero-order valence-corrected chi connectivity index (χ0v) is 15.4. The van der Waals surface area contributed by atoms with Gasteiger partial charge in [0.15, 0.2) is 6.73 Å². The Bertz CT molecular complexity index is 739. The molecule has 0 N–H and O–H groups in total. The van der Waals surface area contributed by atoms with E-state index >= 15 is 0 Å². The van der Waals surface area contributed by atoms with Crippen LogP contribution in [0.15, 0.2) is 11.9 Å². The van der Waals surface area contributed by atoms with Crippen LogP contribution in [0.25, 0.3) is 0 Å². The van der Waals surface area contributed by atoms with Crippen LogP contribution in [0.3, 0.4) is 0 Å². The van der Waals surface area contributed by atoms with Crippen LogP contribution in [-0.2, 0) is 23.9 Å². The molecule has 2 atom stereocenters. The number of allylic oxidation sites excluding steroid dienone is 1. The highest BCUT2D eigenvalue weighted by molar-refractivity contribution is 6.02. The van der Waals surface area contributed by atoms with Gasteiger partial charge in [-0.3, -0.25) is 9.59 Å². The summed E-state index contributed by atoms with van der Waals surface area (Å²) in [4.78, 5) is 49.5. The number of ether oxygens (including phenoxy) is 2. The first-order valence-corrected chi connectivity index (χ1v) is 8.38. The van der Waals surface area contributed by atoms with Crippen molar-refractivity contribution in [3.05, 3.63) is 11.9 Å². The van der Waals surface area contributed by atoms with Gasteiger partial charge in [-0.15, -0.1) is 6.42 Å². The topological polar surface area (TPSA) is 93.2 Å². The molecule has 2 rings (SSSR count). The number of urea groups is 1. The number of halogens is 1. The third-order valence-electron chi connectivity index (χ3n) is 4.71. The van der Waals surface area contributed by atoms with Gasteiger partial charge in [-0.25, -0.2) is 14.5 Å². The minimum atomic E-state index is -1.09. The predicted molar refractivity (Wildman–Crippen MR) is 90.2 cm³/mol. The van der Waals surface area contributed by atoms with E-state index in [1.165, 1.54) is 0 Å². The molecule has 0 aromatic rings. The van der Waals surface area contributed by atoms with Gasteiger partial charge in [-0.05, 0) is 24.3 Å². The molecular weight excluding hydrogens is 359 g/mol. The minimum Gasteiger partial charge on any atom is -0.461 e. The molecule has 146 valence electrons. The van der Waals surface area contributed by atoms with Crippen LogP contribution in [0.5, 0.6) is 0 Å². The lowest BCUT2D eigenvalue weighted by Gasteiger charge is -2.15.